The predicted octanol–water partition coefficient (Wildman–Crippen LogP) is 5.28. The Bertz CT molecular complexity index is 1630. The van der Waals surface area contributed by atoms with Crippen molar-refractivity contribution in [3.8, 4) is 34.5 Å². The van der Waals surface area contributed by atoms with E-state index in [-0.39, 0.29) is 17.1 Å². The van der Waals surface area contributed by atoms with Crippen LogP contribution in [0.25, 0.3) is 17.1 Å². The van der Waals surface area contributed by atoms with Gasteiger partial charge in [0, 0.05) is 30.8 Å². The number of nitrogens with zero attached hydrogens (tertiary/aromatic N) is 3. The Morgan fingerprint density at radius 2 is 1.63 bits per heavy atom. The molecule has 2 aromatic carbocycles. The summed E-state index contributed by atoms with van der Waals surface area (Å²) in [6, 6.07) is 8.73. The first-order chi connectivity index (χ1) is 19.3. The van der Waals surface area contributed by atoms with Gasteiger partial charge in [-0.25, -0.2) is 8.78 Å². The number of hydrogen-bond acceptors (Lipinski definition) is 6. The smallest absolute Gasteiger partial charge is 0.497 e. The first-order valence-corrected chi connectivity index (χ1v) is 11.2. The Hall–Kier alpha value is -5.02. The molecule has 1 amide bonds. The van der Waals surface area contributed by atoms with Crippen molar-refractivity contribution in [3.63, 3.8) is 0 Å². The standard InChI is InChI=1S/C25H17F7N4O5/c1-35-21(19-15(26)10-14(39-2)11-16(19)27)20(23(38)36(35)17-4-3-5-18(33-17)40-24(28)29)34-22(37)12-6-8-13(9-7-12)41-25(30,31)32/h3-11,24H,1-2H3,(H,34,37). The van der Waals surface area contributed by atoms with Crippen LogP contribution >= 0.6 is 0 Å². The molecule has 4 aromatic rings. The molecule has 0 spiro atoms. The van der Waals surface area contributed by atoms with E-state index >= 15 is 8.78 Å². The summed E-state index contributed by atoms with van der Waals surface area (Å²) >= 11 is 0. The van der Waals surface area contributed by atoms with Gasteiger partial charge in [-0.15, -0.1) is 13.2 Å². The van der Waals surface area contributed by atoms with Gasteiger partial charge in [0.1, 0.15) is 34.5 Å². The van der Waals surface area contributed by atoms with Crippen LogP contribution in [0.1, 0.15) is 10.4 Å². The molecule has 0 fully saturated rings. The number of benzene rings is 2. The number of nitrogens with one attached hydrogen (secondary N) is 1. The molecule has 0 bridgehead atoms. The van der Waals surface area contributed by atoms with Gasteiger partial charge in [0.05, 0.1) is 12.7 Å². The van der Waals surface area contributed by atoms with Gasteiger partial charge < -0.3 is 19.5 Å². The zero-order valence-corrected chi connectivity index (χ0v) is 20.8. The van der Waals surface area contributed by atoms with Crippen molar-refractivity contribution < 1.29 is 49.7 Å². The molecule has 16 heteroatoms. The average Bonchev–Trinajstić information content (AvgIpc) is 3.11. The van der Waals surface area contributed by atoms with E-state index in [1.807, 2.05) is 0 Å². The summed E-state index contributed by atoms with van der Waals surface area (Å²) in [7, 11) is 2.35. The van der Waals surface area contributed by atoms with Gasteiger partial charge in [-0.3, -0.25) is 14.3 Å². The highest BCUT2D eigenvalue weighted by molar-refractivity contribution is 6.06. The molecule has 0 aliphatic heterocycles. The normalized spacial score (nSPS) is 11.5. The van der Waals surface area contributed by atoms with Gasteiger partial charge in [-0.2, -0.15) is 18.4 Å². The number of ether oxygens (including phenoxy) is 3. The summed E-state index contributed by atoms with van der Waals surface area (Å²) in [5, 5.41) is 2.22. The van der Waals surface area contributed by atoms with Crippen molar-refractivity contribution in [3.05, 3.63) is 82.1 Å². The molecule has 2 heterocycles. The number of amides is 1. The summed E-state index contributed by atoms with van der Waals surface area (Å²) in [5.41, 5.74) is -3.28. The van der Waals surface area contributed by atoms with E-state index in [2.05, 4.69) is 19.8 Å². The third kappa shape index (κ3) is 6.26. The van der Waals surface area contributed by atoms with E-state index in [4.69, 9.17) is 4.74 Å². The molecule has 41 heavy (non-hydrogen) atoms. The second-order valence-electron chi connectivity index (χ2n) is 8.07. The van der Waals surface area contributed by atoms with E-state index in [0.29, 0.717) is 0 Å². The van der Waals surface area contributed by atoms with E-state index < -0.39 is 64.6 Å². The number of hydrogen-bond donors (Lipinski definition) is 1. The Kier molecular flexibility index (Phi) is 7.93. The summed E-state index contributed by atoms with van der Waals surface area (Å²) in [6.07, 6.45) is -4.98. The van der Waals surface area contributed by atoms with E-state index in [1.54, 1.807) is 0 Å². The van der Waals surface area contributed by atoms with Crippen molar-refractivity contribution in [1.82, 2.24) is 14.3 Å². The lowest BCUT2D eigenvalue weighted by Crippen LogP contribution is -2.24. The fourth-order valence-corrected chi connectivity index (χ4v) is 3.83. The van der Waals surface area contributed by atoms with Crippen LogP contribution in [0.3, 0.4) is 0 Å². The molecule has 9 nitrogen and oxygen atoms in total. The minimum atomic E-state index is -4.98. The maximum atomic E-state index is 15.2. The van der Waals surface area contributed by atoms with Crippen molar-refractivity contribution >= 4 is 11.6 Å². The Morgan fingerprint density at radius 3 is 2.20 bits per heavy atom. The van der Waals surface area contributed by atoms with Gasteiger partial charge in [-0.05, 0) is 30.3 Å². The van der Waals surface area contributed by atoms with Gasteiger partial charge in [0.15, 0.2) is 5.82 Å². The number of anilines is 1. The zero-order chi connectivity index (χ0) is 30.1. The molecule has 216 valence electrons. The fourth-order valence-electron chi connectivity index (χ4n) is 3.83. The van der Waals surface area contributed by atoms with Crippen molar-refractivity contribution in [1.29, 1.82) is 0 Å². The van der Waals surface area contributed by atoms with Crippen LogP contribution in [0.5, 0.6) is 17.4 Å². The highest BCUT2D eigenvalue weighted by Gasteiger charge is 2.31. The molecular formula is C25H17F7N4O5. The SMILES string of the molecule is COc1cc(F)c(-c2c(NC(=O)c3ccc(OC(F)(F)F)cc3)c(=O)n(-c3cccc(OC(F)F)n3)n2C)c(F)c1. The molecule has 1 N–H and O–H groups in total. The third-order valence-electron chi connectivity index (χ3n) is 5.48. The number of carbonyl (C=O) groups is 1. The summed E-state index contributed by atoms with van der Waals surface area (Å²) < 4.78 is 108. The Balaban J connectivity index is 1.85. The molecule has 0 radical (unpaired) electrons. The molecule has 0 aliphatic carbocycles. The lowest BCUT2D eigenvalue weighted by Gasteiger charge is -2.13. The molecule has 0 atom stereocenters. The van der Waals surface area contributed by atoms with Gasteiger partial charge in [0.25, 0.3) is 11.5 Å². The lowest BCUT2D eigenvalue weighted by molar-refractivity contribution is -0.274. The molecule has 4 rings (SSSR count). The number of alkyl halides is 5. The van der Waals surface area contributed by atoms with Crippen LogP contribution in [0.15, 0.2) is 59.4 Å². The highest BCUT2D eigenvalue weighted by atomic mass is 19.4. The van der Waals surface area contributed by atoms with Gasteiger partial charge in [-0.1, -0.05) is 6.07 Å². The van der Waals surface area contributed by atoms with Gasteiger partial charge >= 0.3 is 13.0 Å². The summed E-state index contributed by atoms with van der Waals surface area (Å²) in [6.45, 7) is -3.25. The second-order valence-corrected chi connectivity index (χ2v) is 8.07. The quantitative estimate of drug-likeness (QED) is 0.283. The molecular weight excluding hydrogens is 569 g/mol. The number of carbonyl (C=O) groups excluding carboxylic acids is 1. The highest BCUT2D eigenvalue weighted by Crippen LogP contribution is 2.34. The Morgan fingerprint density at radius 1 is 1.00 bits per heavy atom. The number of aromatic nitrogens is 3. The van der Waals surface area contributed by atoms with Crippen molar-refractivity contribution in [2.75, 3.05) is 12.4 Å². The first kappa shape index (κ1) is 29.0. The maximum Gasteiger partial charge on any atom is 0.573 e. The largest absolute Gasteiger partial charge is 0.573 e. The predicted molar refractivity (Wildman–Crippen MR) is 128 cm³/mol. The lowest BCUT2D eigenvalue weighted by atomic mass is 10.1. The fraction of sp³-hybridized carbons (Fsp3) is 0.160. The van der Waals surface area contributed by atoms with Crippen molar-refractivity contribution in [2.45, 2.75) is 13.0 Å². The number of rotatable bonds is 8. The van der Waals surface area contributed by atoms with Crippen molar-refractivity contribution in [2.24, 2.45) is 7.05 Å². The molecule has 0 saturated heterocycles. The molecule has 2 aromatic heterocycles. The second kappa shape index (κ2) is 11.2. The third-order valence-corrected chi connectivity index (χ3v) is 5.48. The first-order valence-electron chi connectivity index (χ1n) is 11.2. The monoisotopic (exact) mass is 586 g/mol. The van der Waals surface area contributed by atoms with Crippen LogP contribution in [-0.2, 0) is 7.05 Å². The van der Waals surface area contributed by atoms with E-state index in [9.17, 15) is 31.5 Å². The van der Waals surface area contributed by atoms with E-state index in [1.165, 1.54) is 19.2 Å². The maximum absolute atomic E-state index is 15.2. The van der Waals surface area contributed by atoms with Gasteiger partial charge in [0.2, 0.25) is 5.88 Å². The van der Waals surface area contributed by atoms with Crippen LogP contribution in [0.4, 0.5) is 36.4 Å². The molecule has 0 saturated carbocycles. The van der Waals surface area contributed by atoms with E-state index in [0.717, 1.165) is 58.9 Å². The van der Waals surface area contributed by atoms with Crippen LogP contribution in [-0.4, -0.2) is 40.3 Å². The molecule has 0 aliphatic rings. The van der Waals surface area contributed by atoms with Crippen LogP contribution in [0.2, 0.25) is 0 Å². The topological polar surface area (TPSA) is 96.6 Å². The minimum Gasteiger partial charge on any atom is -0.497 e. The van der Waals surface area contributed by atoms with Crippen LogP contribution in [0, 0.1) is 11.6 Å². The number of halogens is 7. The average molecular weight is 586 g/mol. The summed E-state index contributed by atoms with van der Waals surface area (Å²) in [4.78, 5) is 30.3. The number of methoxy groups -OCH3 is 1. The Labute approximate surface area is 225 Å². The van der Waals surface area contributed by atoms with Crippen LogP contribution < -0.4 is 25.1 Å². The summed E-state index contributed by atoms with van der Waals surface area (Å²) in [5.74, 6) is -5.16. The minimum absolute atomic E-state index is 0.196. The molecule has 0 unspecified atom stereocenters. The zero-order valence-electron chi connectivity index (χ0n) is 20.8. The number of pyridine rings is 1.